The van der Waals surface area contributed by atoms with Crippen molar-refractivity contribution >= 4 is 17.8 Å². The molecule has 1 saturated heterocycles. The molecule has 17 heavy (non-hydrogen) atoms. The Bertz CT molecular complexity index is 395. The summed E-state index contributed by atoms with van der Waals surface area (Å²) >= 11 is 0. The maximum Gasteiger partial charge on any atom is 0.245 e. The second-order valence-electron chi connectivity index (χ2n) is 5.11. The molecule has 0 aromatic heterocycles. The Labute approximate surface area is 100 Å². The summed E-state index contributed by atoms with van der Waals surface area (Å²) in [5.41, 5.74) is -0.792. The van der Waals surface area contributed by atoms with Gasteiger partial charge in [0.1, 0.15) is 5.41 Å². The van der Waals surface area contributed by atoms with Crippen LogP contribution in [0.4, 0.5) is 0 Å². The van der Waals surface area contributed by atoms with Gasteiger partial charge in [0, 0.05) is 6.54 Å². The molecule has 0 radical (unpaired) electrons. The van der Waals surface area contributed by atoms with Crippen molar-refractivity contribution in [3.63, 3.8) is 0 Å². The van der Waals surface area contributed by atoms with E-state index in [0.29, 0.717) is 31.9 Å². The first-order valence-corrected chi connectivity index (χ1v) is 6.42. The van der Waals surface area contributed by atoms with Crippen molar-refractivity contribution in [2.24, 2.45) is 10.4 Å². The maximum absolute atomic E-state index is 12.5. The topological polar surface area (TPSA) is 61.8 Å². The molecule has 0 unspecified atom stereocenters. The third-order valence-electron chi connectivity index (χ3n) is 4.11. The van der Waals surface area contributed by atoms with Gasteiger partial charge in [-0.25, -0.2) is 0 Å². The van der Waals surface area contributed by atoms with Crippen molar-refractivity contribution in [1.82, 2.24) is 10.2 Å². The highest BCUT2D eigenvalue weighted by Crippen LogP contribution is 2.39. The van der Waals surface area contributed by atoms with Crippen LogP contribution in [-0.2, 0) is 9.59 Å². The lowest BCUT2D eigenvalue weighted by molar-refractivity contribution is -0.150. The van der Waals surface area contributed by atoms with Gasteiger partial charge in [0.25, 0.3) is 0 Å². The Balaban J connectivity index is 1.95. The molecule has 2 heterocycles. The van der Waals surface area contributed by atoms with Crippen LogP contribution in [0.2, 0.25) is 0 Å². The molecule has 0 atom stereocenters. The van der Waals surface area contributed by atoms with E-state index in [-0.39, 0.29) is 11.8 Å². The first-order valence-electron chi connectivity index (χ1n) is 6.42. The summed E-state index contributed by atoms with van der Waals surface area (Å²) in [5.74, 6) is 0.329. The number of nitrogens with zero attached hydrogens (tertiary/aromatic N) is 2. The van der Waals surface area contributed by atoms with Crippen LogP contribution in [0.25, 0.3) is 0 Å². The van der Waals surface area contributed by atoms with Crippen LogP contribution in [0.5, 0.6) is 0 Å². The Morgan fingerprint density at radius 1 is 1.12 bits per heavy atom. The van der Waals surface area contributed by atoms with E-state index in [2.05, 4.69) is 10.3 Å². The Kier molecular flexibility index (Phi) is 2.42. The highest BCUT2D eigenvalue weighted by atomic mass is 16.2. The zero-order valence-corrected chi connectivity index (χ0v) is 9.87. The summed E-state index contributed by atoms with van der Waals surface area (Å²) in [6.45, 7) is 1.23. The molecular weight excluding hydrogens is 218 g/mol. The number of hydrogen-bond donors (Lipinski definition) is 1. The number of carbonyl (C=O) groups excluding carboxylic acids is 2. The maximum atomic E-state index is 12.5. The lowest BCUT2D eigenvalue weighted by Gasteiger charge is -2.38. The van der Waals surface area contributed by atoms with Crippen molar-refractivity contribution in [1.29, 1.82) is 0 Å². The molecule has 3 rings (SSSR count). The van der Waals surface area contributed by atoms with Gasteiger partial charge in [0.2, 0.25) is 17.8 Å². The minimum absolute atomic E-state index is 0.0144. The Morgan fingerprint density at radius 2 is 1.82 bits per heavy atom. The lowest BCUT2D eigenvalue weighted by atomic mass is 9.77. The SMILES string of the molecule is O=C1NC2=NCCN2C(=O)C12CCCCCC2. The fourth-order valence-corrected chi connectivity index (χ4v) is 3.10. The highest BCUT2D eigenvalue weighted by Gasteiger charge is 2.53. The van der Waals surface area contributed by atoms with Gasteiger partial charge in [0.05, 0.1) is 6.54 Å². The molecule has 0 aromatic carbocycles. The predicted octanol–water partition coefficient (Wildman–Crippen LogP) is 0.655. The van der Waals surface area contributed by atoms with Crippen LogP contribution in [0.15, 0.2) is 4.99 Å². The third-order valence-corrected chi connectivity index (χ3v) is 4.11. The Hall–Kier alpha value is -1.39. The van der Waals surface area contributed by atoms with E-state index >= 15 is 0 Å². The zero-order chi connectivity index (χ0) is 11.9. The van der Waals surface area contributed by atoms with E-state index in [1.165, 1.54) is 0 Å². The summed E-state index contributed by atoms with van der Waals surface area (Å²) in [7, 11) is 0. The van der Waals surface area contributed by atoms with Crippen molar-refractivity contribution in [3.8, 4) is 0 Å². The molecule has 92 valence electrons. The minimum atomic E-state index is -0.792. The minimum Gasteiger partial charge on any atom is -0.295 e. The largest absolute Gasteiger partial charge is 0.295 e. The van der Waals surface area contributed by atoms with Gasteiger partial charge in [-0.1, -0.05) is 25.7 Å². The number of fused-ring (bicyclic) bond motifs is 1. The van der Waals surface area contributed by atoms with Crippen molar-refractivity contribution in [2.45, 2.75) is 38.5 Å². The monoisotopic (exact) mass is 235 g/mol. The number of aliphatic imine (C=N–C) groups is 1. The molecule has 5 heteroatoms. The quantitative estimate of drug-likeness (QED) is 0.627. The summed E-state index contributed by atoms with van der Waals surface area (Å²) in [6, 6.07) is 0. The average Bonchev–Trinajstić information content (AvgIpc) is 2.64. The molecule has 1 aliphatic carbocycles. The van der Waals surface area contributed by atoms with E-state index in [9.17, 15) is 9.59 Å². The number of guanidine groups is 1. The van der Waals surface area contributed by atoms with Crippen LogP contribution < -0.4 is 5.32 Å². The second kappa shape index (κ2) is 3.82. The molecular formula is C12H17N3O2. The molecule has 5 nitrogen and oxygen atoms in total. The van der Waals surface area contributed by atoms with Gasteiger partial charge in [-0.05, 0) is 12.8 Å². The van der Waals surface area contributed by atoms with Crippen LogP contribution in [0.3, 0.4) is 0 Å². The molecule has 2 aliphatic heterocycles. The average molecular weight is 235 g/mol. The molecule has 3 aliphatic rings. The van der Waals surface area contributed by atoms with Gasteiger partial charge < -0.3 is 0 Å². The molecule has 1 saturated carbocycles. The second-order valence-corrected chi connectivity index (χ2v) is 5.11. The first kappa shape index (κ1) is 10.7. The van der Waals surface area contributed by atoms with Gasteiger partial charge >= 0.3 is 0 Å². The smallest absolute Gasteiger partial charge is 0.245 e. The van der Waals surface area contributed by atoms with Crippen LogP contribution in [0.1, 0.15) is 38.5 Å². The van der Waals surface area contributed by atoms with E-state index in [1.54, 1.807) is 4.90 Å². The van der Waals surface area contributed by atoms with Crippen molar-refractivity contribution < 1.29 is 9.59 Å². The number of carbonyl (C=O) groups is 2. The van der Waals surface area contributed by atoms with Gasteiger partial charge in [-0.3, -0.25) is 24.8 Å². The molecule has 2 amide bonds. The zero-order valence-electron chi connectivity index (χ0n) is 9.87. The molecule has 1 N–H and O–H groups in total. The van der Waals surface area contributed by atoms with E-state index in [4.69, 9.17) is 0 Å². The fraction of sp³-hybridized carbons (Fsp3) is 0.750. The predicted molar refractivity (Wildman–Crippen MR) is 62.3 cm³/mol. The number of nitrogens with one attached hydrogen (secondary N) is 1. The number of amides is 2. The normalized spacial score (nSPS) is 27.5. The van der Waals surface area contributed by atoms with Crippen LogP contribution in [-0.4, -0.2) is 35.8 Å². The molecule has 0 bridgehead atoms. The van der Waals surface area contributed by atoms with Gasteiger partial charge in [0.15, 0.2) is 0 Å². The lowest BCUT2D eigenvalue weighted by Crippen LogP contribution is -2.63. The standard InChI is InChI=1S/C12H17N3O2/c16-9-12(5-3-1-2-4-6-12)10(17)15-8-7-13-11(15)14-9/h1-8H2,(H,13,14,16). The van der Waals surface area contributed by atoms with E-state index in [0.717, 1.165) is 25.7 Å². The third kappa shape index (κ3) is 1.48. The van der Waals surface area contributed by atoms with Crippen molar-refractivity contribution in [2.75, 3.05) is 13.1 Å². The van der Waals surface area contributed by atoms with Crippen LogP contribution in [0, 0.1) is 5.41 Å². The fourth-order valence-electron chi connectivity index (χ4n) is 3.10. The summed E-state index contributed by atoms with van der Waals surface area (Å²) < 4.78 is 0. The van der Waals surface area contributed by atoms with E-state index in [1.807, 2.05) is 0 Å². The van der Waals surface area contributed by atoms with E-state index < -0.39 is 5.41 Å². The number of hydrogen-bond acceptors (Lipinski definition) is 3. The summed E-state index contributed by atoms with van der Waals surface area (Å²) in [5, 5.41) is 2.81. The summed E-state index contributed by atoms with van der Waals surface area (Å²) in [4.78, 5) is 30.6. The van der Waals surface area contributed by atoms with Gasteiger partial charge in [-0.15, -0.1) is 0 Å². The molecule has 1 spiro atoms. The molecule has 0 aromatic rings. The summed E-state index contributed by atoms with van der Waals surface area (Å²) in [6.07, 6.45) is 5.59. The van der Waals surface area contributed by atoms with Gasteiger partial charge in [-0.2, -0.15) is 0 Å². The highest BCUT2D eigenvalue weighted by molar-refractivity contribution is 6.20. The number of rotatable bonds is 0. The molecule has 2 fully saturated rings. The van der Waals surface area contributed by atoms with Crippen LogP contribution >= 0.6 is 0 Å². The van der Waals surface area contributed by atoms with Crippen molar-refractivity contribution in [3.05, 3.63) is 0 Å². The first-order chi connectivity index (χ1) is 8.24. The Morgan fingerprint density at radius 3 is 2.53 bits per heavy atom.